The summed E-state index contributed by atoms with van der Waals surface area (Å²) >= 11 is 0. The minimum atomic E-state index is -3.17. The molecule has 2 aromatic heterocycles. The van der Waals surface area contributed by atoms with Crippen molar-refractivity contribution in [2.24, 2.45) is 5.92 Å². The first-order valence-electron chi connectivity index (χ1n) is 21.6. The monoisotopic (exact) mass is 869 g/mol. The van der Waals surface area contributed by atoms with Gasteiger partial charge < -0.3 is 25.0 Å². The van der Waals surface area contributed by atoms with Gasteiger partial charge >= 0.3 is 0 Å². The molecular weight excluding hydrogens is 817 g/mol. The Labute approximate surface area is 363 Å². The zero-order chi connectivity index (χ0) is 44.4. The molecule has 5 heterocycles. The molecule has 1 saturated carbocycles. The van der Waals surface area contributed by atoms with Gasteiger partial charge in [0.05, 0.1) is 48.2 Å². The molecule has 8 rings (SSSR count). The molecule has 3 N–H and O–H groups in total. The third-order valence-corrected chi connectivity index (χ3v) is 12.5. The van der Waals surface area contributed by atoms with Crippen molar-refractivity contribution >= 4 is 51.8 Å². The number of imide groups is 2. The van der Waals surface area contributed by atoms with Crippen molar-refractivity contribution in [3.05, 3.63) is 77.2 Å². The first-order valence-corrected chi connectivity index (χ1v) is 21.6. The van der Waals surface area contributed by atoms with Crippen LogP contribution in [-0.4, -0.2) is 131 Å². The second-order valence-electron chi connectivity index (χ2n) is 17.1. The Kier molecular flexibility index (Phi) is 12.8. The average molecular weight is 870 g/mol. The number of pyridine rings is 1. The van der Waals surface area contributed by atoms with E-state index in [2.05, 4.69) is 37.8 Å². The van der Waals surface area contributed by atoms with Crippen molar-refractivity contribution in [1.29, 1.82) is 0 Å². The van der Waals surface area contributed by atoms with Crippen LogP contribution < -0.4 is 20.7 Å². The van der Waals surface area contributed by atoms with Crippen LogP contribution in [0.15, 0.2) is 54.7 Å². The topological polar surface area (TPSA) is 180 Å². The zero-order valence-electron chi connectivity index (χ0n) is 35.7. The standard InChI is InChI=1S/C45H53F2N9O7/c1-45(46,47)38-10-5-9-33(49-38)41(58)50-35-21-28-25-55(52-34(28)22-37(35)62-3)29-13-11-27(12-14-29)24-53(2)17-6-18-54-19-20-63-30(26-54)23-48-32-8-4-7-31-40(32)44(61)56(43(31)60)36-15-16-39(57)51-42(36)59/h4-5,7-10,21-22,25,27,29-30,36,48H,6,11-20,23-24,26H2,1-3H3,(H,50,58)(H,51,57,59). The van der Waals surface area contributed by atoms with Crippen LogP contribution in [0.4, 0.5) is 20.2 Å². The van der Waals surface area contributed by atoms with Crippen LogP contribution in [0.25, 0.3) is 10.9 Å². The number of hydrogen-bond donors (Lipinski definition) is 3. The lowest BCUT2D eigenvalue weighted by molar-refractivity contribution is -0.136. The molecule has 2 atom stereocenters. The highest BCUT2D eigenvalue weighted by Crippen LogP contribution is 2.36. The molecule has 4 aliphatic rings. The van der Waals surface area contributed by atoms with Crippen molar-refractivity contribution in [3.8, 4) is 5.75 Å². The smallest absolute Gasteiger partial charge is 0.287 e. The number of carbonyl (C=O) groups excluding carboxylic acids is 5. The summed E-state index contributed by atoms with van der Waals surface area (Å²) in [5.74, 6) is -4.94. The highest BCUT2D eigenvalue weighted by molar-refractivity contribution is 6.25. The molecule has 5 amide bonds. The summed E-state index contributed by atoms with van der Waals surface area (Å²) in [5.41, 5.74) is 1.51. The highest BCUT2D eigenvalue weighted by Gasteiger charge is 2.45. The number of nitrogens with zero attached hydrogens (tertiary/aromatic N) is 6. The maximum atomic E-state index is 13.9. The number of nitrogens with one attached hydrogen (secondary N) is 3. The summed E-state index contributed by atoms with van der Waals surface area (Å²) in [5, 5.41) is 14.0. The first-order chi connectivity index (χ1) is 30.2. The summed E-state index contributed by atoms with van der Waals surface area (Å²) in [6, 6.07) is 11.8. The van der Waals surface area contributed by atoms with Gasteiger partial charge in [-0.2, -0.15) is 13.9 Å². The van der Waals surface area contributed by atoms with Crippen LogP contribution in [0, 0.1) is 5.92 Å². The maximum absolute atomic E-state index is 13.9. The Morgan fingerprint density at radius 3 is 2.59 bits per heavy atom. The molecule has 2 unspecified atom stereocenters. The minimum absolute atomic E-state index is 0.0641. The normalized spacial score (nSPS) is 22.1. The number of carbonyl (C=O) groups is 5. The molecular formula is C45H53F2N9O7. The van der Waals surface area contributed by atoms with E-state index in [0.717, 1.165) is 87.6 Å². The Bertz CT molecular complexity index is 2400. The van der Waals surface area contributed by atoms with Crippen LogP contribution in [0.3, 0.4) is 0 Å². The molecule has 4 aromatic rings. The molecule has 18 heteroatoms. The molecule has 2 aromatic carbocycles. The molecule has 3 aliphatic heterocycles. The van der Waals surface area contributed by atoms with Crippen molar-refractivity contribution < 1.29 is 42.2 Å². The maximum Gasteiger partial charge on any atom is 0.287 e. The number of morpholine rings is 1. The van der Waals surface area contributed by atoms with Gasteiger partial charge in [0.2, 0.25) is 11.8 Å². The van der Waals surface area contributed by atoms with Gasteiger partial charge in [0, 0.05) is 62.9 Å². The van der Waals surface area contributed by atoms with Gasteiger partial charge in [0.25, 0.3) is 23.6 Å². The highest BCUT2D eigenvalue weighted by atomic mass is 19.3. The molecule has 0 spiro atoms. The van der Waals surface area contributed by atoms with Crippen LogP contribution in [0.2, 0.25) is 0 Å². The first kappa shape index (κ1) is 43.8. The average Bonchev–Trinajstić information content (AvgIpc) is 3.79. The number of methoxy groups -OCH3 is 1. The zero-order valence-corrected chi connectivity index (χ0v) is 35.7. The molecule has 63 heavy (non-hydrogen) atoms. The Morgan fingerprint density at radius 2 is 1.83 bits per heavy atom. The lowest BCUT2D eigenvalue weighted by atomic mass is 9.86. The van der Waals surface area contributed by atoms with E-state index in [9.17, 15) is 32.8 Å². The van der Waals surface area contributed by atoms with E-state index in [1.807, 2.05) is 10.9 Å². The number of alkyl halides is 2. The largest absolute Gasteiger partial charge is 0.494 e. The Balaban J connectivity index is 0.773. The summed E-state index contributed by atoms with van der Waals surface area (Å²) < 4.78 is 41.3. The fourth-order valence-electron chi connectivity index (χ4n) is 9.20. The predicted molar refractivity (Wildman–Crippen MR) is 229 cm³/mol. The molecule has 16 nitrogen and oxygen atoms in total. The Morgan fingerprint density at radius 1 is 1.03 bits per heavy atom. The number of benzene rings is 2. The number of halogens is 2. The van der Waals surface area contributed by atoms with Gasteiger partial charge in [-0.3, -0.25) is 43.8 Å². The number of ether oxygens (including phenoxy) is 2. The SMILES string of the molecule is COc1cc2nn(C3CCC(CN(C)CCCN4CCOC(CNc5cccc6c5C(=O)N(C5CCC(=O)NC5=O)C6=O)C4)CC3)cc2cc1NC(=O)c1cccc(C(C)(F)F)n1. The molecule has 0 bridgehead atoms. The molecule has 0 radical (unpaired) electrons. The number of anilines is 2. The number of piperidine rings is 1. The number of amides is 5. The van der Waals surface area contributed by atoms with Crippen molar-refractivity contribution in [2.75, 3.05) is 70.7 Å². The van der Waals surface area contributed by atoms with E-state index < -0.39 is 47.2 Å². The quantitative estimate of drug-likeness (QED) is 0.135. The van der Waals surface area contributed by atoms with Crippen LogP contribution >= 0.6 is 0 Å². The minimum Gasteiger partial charge on any atom is -0.494 e. The second kappa shape index (κ2) is 18.5. The summed E-state index contributed by atoms with van der Waals surface area (Å²) in [7, 11) is 3.68. The van der Waals surface area contributed by atoms with Gasteiger partial charge in [-0.05, 0) is 94.9 Å². The number of rotatable bonds is 15. The van der Waals surface area contributed by atoms with Crippen molar-refractivity contribution in [1.82, 2.24) is 34.8 Å². The van der Waals surface area contributed by atoms with E-state index >= 15 is 0 Å². The lowest BCUT2D eigenvalue weighted by Crippen LogP contribution is -2.54. The Hall–Kier alpha value is -5.85. The van der Waals surface area contributed by atoms with E-state index in [0.29, 0.717) is 36.2 Å². The predicted octanol–water partition coefficient (Wildman–Crippen LogP) is 5.07. The van der Waals surface area contributed by atoms with E-state index in [-0.39, 0.29) is 41.8 Å². The van der Waals surface area contributed by atoms with Crippen molar-refractivity contribution in [2.45, 2.75) is 76.0 Å². The van der Waals surface area contributed by atoms with E-state index in [1.54, 1.807) is 30.3 Å². The van der Waals surface area contributed by atoms with Gasteiger partial charge in [0.1, 0.15) is 23.2 Å². The number of hydrogen-bond acceptors (Lipinski definition) is 12. The van der Waals surface area contributed by atoms with Gasteiger partial charge in [-0.25, -0.2) is 4.98 Å². The third-order valence-electron chi connectivity index (χ3n) is 12.5. The van der Waals surface area contributed by atoms with Gasteiger partial charge in [-0.15, -0.1) is 0 Å². The number of fused-ring (bicyclic) bond motifs is 2. The van der Waals surface area contributed by atoms with Crippen LogP contribution in [0.1, 0.15) is 94.8 Å². The van der Waals surface area contributed by atoms with Gasteiger partial charge in [-0.1, -0.05) is 12.1 Å². The summed E-state index contributed by atoms with van der Waals surface area (Å²) in [6.45, 7) is 6.24. The third kappa shape index (κ3) is 9.72. The number of aromatic nitrogens is 3. The van der Waals surface area contributed by atoms with Crippen LogP contribution in [0.5, 0.6) is 5.75 Å². The fraction of sp³-hybridized carbons (Fsp3) is 0.489. The fourth-order valence-corrected chi connectivity index (χ4v) is 9.20. The molecule has 1 aliphatic carbocycles. The second-order valence-corrected chi connectivity index (χ2v) is 17.1. The lowest BCUT2D eigenvalue weighted by Gasteiger charge is -2.34. The molecule has 334 valence electrons. The van der Waals surface area contributed by atoms with E-state index in [1.165, 1.54) is 25.3 Å². The summed E-state index contributed by atoms with van der Waals surface area (Å²) in [4.78, 5) is 73.6. The van der Waals surface area contributed by atoms with E-state index in [4.69, 9.17) is 14.6 Å². The summed E-state index contributed by atoms with van der Waals surface area (Å²) in [6.07, 6.45) is 7.19. The molecule has 3 fully saturated rings. The van der Waals surface area contributed by atoms with Crippen LogP contribution in [-0.2, 0) is 20.2 Å². The molecule has 2 saturated heterocycles. The van der Waals surface area contributed by atoms with Crippen molar-refractivity contribution in [3.63, 3.8) is 0 Å². The van der Waals surface area contributed by atoms with Gasteiger partial charge in [0.15, 0.2) is 0 Å².